The zero-order valence-corrected chi connectivity index (χ0v) is 15.9. The molecule has 1 aliphatic heterocycles. The van der Waals surface area contributed by atoms with E-state index in [1.54, 1.807) is 23.1 Å². The summed E-state index contributed by atoms with van der Waals surface area (Å²) in [6.45, 7) is 1.87. The lowest BCUT2D eigenvalue weighted by atomic mass is 10.0. The van der Waals surface area contributed by atoms with E-state index in [-0.39, 0.29) is 25.9 Å². The molecule has 1 aromatic carbocycles. The largest absolute Gasteiger partial charge is 0.454 e. The number of carbonyl (C=O) groups is 3. The van der Waals surface area contributed by atoms with Crippen molar-refractivity contribution in [1.29, 1.82) is 0 Å². The van der Waals surface area contributed by atoms with E-state index < -0.39 is 11.9 Å². The monoisotopic (exact) mass is 388 g/mol. The Morgan fingerprint density at radius 1 is 1.18 bits per heavy atom. The summed E-state index contributed by atoms with van der Waals surface area (Å²) in [5, 5.41) is 2.47. The Morgan fingerprint density at radius 3 is 2.75 bits per heavy atom. The molecule has 3 rings (SSSR count). The van der Waals surface area contributed by atoms with Crippen molar-refractivity contribution in [3.63, 3.8) is 0 Å². The summed E-state index contributed by atoms with van der Waals surface area (Å²) in [4.78, 5) is 38.0. The second kappa shape index (κ2) is 9.25. The Morgan fingerprint density at radius 2 is 2.00 bits per heavy atom. The molecule has 8 heteroatoms. The molecule has 1 heterocycles. The first-order chi connectivity index (χ1) is 13.6. The zero-order chi connectivity index (χ0) is 19.9. The van der Waals surface area contributed by atoms with E-state index in [1.165, 1.54) is 0 Å². The van der Waals surface area contributed by atoms with Crippen molar-refractivity contribution in [3.8, 4) is 11.5 Å². The lowest BCUT2D eigenvalue weighted by molar-refractivity contribution is -0.150. The molecule has 0 aromatic heterocycles. The van der Waals surface area contributed by atoms with Gasteiger partial charge in [-0.15, -0.1) is 0 Å². The number of esters is 1. The van der Waals surface area contributed by atoms with Crippen molar-refractivity contribution < 1.29 is 28.6 Å². The molecule has 0 fully saturated rings. The van der Waals surface area contributed by atoms with Crippen LogP contribution in [0.15, 0.2) is 30.0 Å². The number of rotatable bonds is 7. The molecule has 2 amide bonds. The number of hydrogen-bond donors (Lipinski definition) is 1. The summed E-state index contributed by atoms with van der Waals surface area (Å²) in [6, 6.07) is 4.76. The third kappa shape index (κ3) is 4.82. The average Bonchev–Trinajstić information content (AvgIpc) is 3.19. The van der Waals surface area contributed by atoms with Gasteiger partial charge in [0.2, 0.25) is 6.79 Å². The molecule has 1 N–H and O–H groups in total. The summed E-state index contributed by atoms with van der Waals surface area (Å²) in [6.07, 6.45) is 6.08. The van der Waals surface area contributed by atoms with Gasteiger partial charge in [0, 0.05) is 17.8 Å². The highest BCUT2D eigenvalue weighted by Crippen LogP contribution is 2.32. The number of hydrogen-bond acceptors (Lipinski definition) is 6. The van der Waals surface area contributed by atoms with Crippen molar-refractivity contribution in [1.82, 2.24) is 10.2 Å². The Hall–Kier alpha value is -3.03. The van der Waals surface area contributed by atoms with Crippen LogP contribution in [0.3, 0.4) is 0 Å². The summed E-state index contributed by atoms with van der Waals surface area (Å²) in [5.41, 5.74) is 1.33. The Bertz CT molecular complexity index is 789. The number of ether oxygens (including phenoxy) is 3. The van der Waals surface area contributed by atoms with E-state index in [0.29, 0.717) is 23.6 Å². The molecule has 1 aromatic rings. The highest BCUT2D eigenvalue weighted by molar-refractivity contribution is 5.96. The molecule has 0 radical (unpaired) electrons. The van der Waals surface area contributed by atoms with Gasteiger partial charge in [-0.1, -0.05) is 6.08 Å². The first-order valence-corrected chi connectivity index (χ1v) is 9.41. The zero-order valence-electron chi connectivity index (χ0n) is 15.9. The van der Waals surface area contributed by atoms with Crippen molar-refractivity contribution in [2.45, 2.75) is 32.6 Å². The van der Waals surface area contributed by atoms with E-state index in [9.17, 15) is 14.4 Å². The minimum atomic E-state index is -0.670. The molecular weight excluding hydrogens is 364 g/mol. The van der Waals surface area contributed by atoms with Crippen LogP contribution in [0.5, 0.6) is 11.5 Å². The number of fused-ring (bicyclic) bond motifs is 1. The molecule has 2 aliphatic rings. The molecule has 0 spiro atoms. The van der Waals surface area contributed by atoms with Crippen molar-refractivity contribution in [2.75, 3.05) is 26.5 Å². The van der Waals surface area contributed by atoms with Crippen LogP contribution in [-0.2, 0) is 14.3 Å². The van der Waals surface area contributed by atoms with Crippen LogP contribution in [0.2, 0.25) is 0 Å². The van der Waals surface area contributed by atoms with Crippen LogP contribution < -0.4 is 14.8 Å². The minimum Gasteiger partial charge on any atom is -0.454 e. The van der Waals surface area contributed by atoms with Crippen LogP contribution in [0, 0.1) is 0 Å². The fourth-order valence-electron chi connectivity index (χ4n) is 3.17. The highest BCUT2D eigenvalue weighted by atomic mass is 16.7. The summed E-state index contributed by atoms with van der Waals surface area (Å²) in [7, 11) is 0. The first-order valence-electron chi connectivity index (χ1n) is 9.41. The van der Waals surface area contributed by atoms with Gasteiger partial charge >= 0.3 is 5.97 Å². The number of carbonyl (C=O) groups excluding carboxylic acids is 3. The van der Waals surface area contributed by atoms with E-state index >= 15 is 0 Å². The lowest BCUT2D eigenvalue weighted by Gasteiger charge is -2.26. The number of benzene rings is 1. The molecule has 1 aliphatic carbocycles. The second-order valence-corrected chi connectivity index (χ2v) is 6.49. The second-order valence-electron chi connectivity index (χ2n) is 6.49. The van der Waals surface area contributed by atoms with Crippen LogP contribution >= 0.6 is 0 Å². The SMILES string of the molecule is CCN(C(=O)COC(=O)CNC(=O)c1ccc2c(c1)OCO2)C1=CCCCC1. The Kier molecular flexibility index (Phi) is 6.52. The van der Waals surface area contributed by atoms with Gasteiger partial charge in [0.05, 0.1) is 0 Å². The van der Waals surface area contributed by atoms with Crippen molar-refractivity contribution in [2.24, 2.45) is 0 Å². The van der Waals surface area contributed by atoms with Gasteiger partial charge in [0.25, 0.3) is 11.8 Å². The van der Waals surface area contributed by atoms with Gasteiger partial charge in [-0.25, -0.2) is 0 Å². The number of amides is 2. The maximum Gasteiger partial charge on any atom is 0.325 e. The molecule has 0 saturated carbocycles. The van der Waals surface area contributed by atoms with Crippen LogP contribution in [-0.4, -0.2) is 49.2 Å². The van der Waals surface area contributed by atoms with E-state index in [0.717, 1.165) is 31.4 Å². The van der Waals surface area contributed by atoms with Crippen LogP contribution in [0.1, 0.15) is 43.0 Å². The van der Waals surface area contributed by atoms with Crippen molar-refractivity contribution >= 4 is 17.8 Å². The van der Waals surface area contributed by atoms with Crippen LogP contribution in [0.25, 0.3) is 0 Å². The number of allylic oxidation sites excluding steroid dienone is 2. The fourth-order valence-corrected chi connectivity index (χ4v) is 3.17. The Balaban J connectivity index is 1.44. The van der Waals surface area contributed by atoms with Gasteiger partial charge in [-0.3, -0.25) is 14.4 Å². The summed E-state index contributed by atoms with van der Waals surface area (Å²) < 4.78 is 15.4. The quantitative estimate of drug-likeness (QED) is 0.718. The lowest BCUT2D eigenvalue weighted by Crippen LogP contribution is -2.36. The van der Waals surface area contributed by atoms with E-state index in [1.807, 2.05) is 6.92 Å². The average molecular weight is 388 g/mol. The Labute approximate surface area is 163 Å². The maximum atomic E-state index is 12.3. The molecule has 28 heavy (non-hydrogen) atoms. The fraction of sp³-hybridized carbons (Fsp3) is 0.450. The van der Waals surface area contributed by atoms with Gasteiger partial charge < -0.3 is 24.4 Å². The normalized spacial score (nSPS) is 14.8. The third-order valence-electron chi connectivity index (χ3n) is 4.62. The van der Waals surface area contributed by atoms with E-state index in [2.05, 4.69) is 11.4 Å². The molecule has 0 unspecified atom stereocenters. The maximum absolute atomic E-state index is 12.3. The summed E-state index contributed by atoms with van der Waals surface area (Å²) >= 11 is 0. The summed E-state index contributed by atoms with van der Waals surface area (Å²) in [5.74, 6) is -0.313. The molecule has 8 nitrogen and oxygen atoms in total. The third-order valence-corrected chi connectivity index (χ3v) is 4.62. The molecular formula is C20H24N2O6. The van der Waals surface area contributed by atoms with Gasteiger partial charge in [0.15, 0.2) is 18.1 Å². The number of likely N-dealkylation sites (N-methyl/N-ethyl adjacent to an activating group) is 1. The molecule has 0 bridgehead atoms. The molecule has 0 atom stereocenters. The topological polar surface area (TPSA) is 94.2 Å². The minimum absolute atomic E-state index is 0.118. The standard InChI is InChI=1S/C20H24N2O6/c1-2-22(15-6-4-3-5-7-15)18(23)12-26-19(24)11-21-20(25)14-8-9-16-17(10-14)28-13-27-16/h6,8-10H,2-5,7,11-13H2,1H3,(H,21,25). The van der Waals surface area contributed by atoms with Gasteiger partial charge in [-0.05, 0) is 50.8 Å². The van der Waals surface area contributed by atoms with Gasteiger partial charge in [-0.2, -0.15) is 0 Å². The first kappa shape index (κ1) is 19.7. The smallest absolute Gasteiger partial charge is 0.325 e. The predicted octanol–water partition coefficient (Wildman–Crippen LogP) is 1.99. The predicted molar refractivity (Wildman–Crippen MR) is 99.8 cm³/mol. The highest BCUT2D eigenvalue weighted by Gasteiger charge is 2.20. The number of nitrogens with zero attached hydrogens (tertiary/aromatic N) is 1. The number of nitrogens with one attached hydrogen (secondary N) is 1. The van der Waals surface area contributed by atoms with E-state index in [4.69, 9.17) is 14.2 Å². The van der Waals surface area contributed by atoms with Crippen molar-refractivity contribution in [3.05, 3.63) is 35.5 Å². The van der Waals surface area contributed by atoms with Crippen LogP contribution in [0.4, 0.5) is 0 Å². The van der Waals surface area contributed by atoms with Gasteiger partial charge in [0.1, 0.15) is 6.54 Å². The molecule has 150 valence electrons. The molecule has 0 saturated heterocycles.